The summed E-state index contributed by atoms with van der Waals surface area (Å²) in [4.78, 5) is 26.3. The maximum atomic E-state index is 15.6. The zero-order valence-corrected chi connectivity index (χ0v) is 21.9. The van der Waals surface area contributed by atoms with E-state index >= 15 is 4.39 Å². The summed E-state index contributed by atoms with van der Waals surface area (Å²) in [6.45, 7) is 2.18. The first kappa shape index (κ1) is 25.8. The van der Waals surface area contributed by atoms with Crippen LogP contribution in [0.3, 0.4) is 0 Å². The molecule has 0 radical (unpaired) electrons. The second kappa shape index (κ2) is 10.9. The number of nitrogens with one attached hydrogen (secondary N) is 1. The third-order valence-corrected chi connectivity index (χ3v) is 7.82. The van der Waals surface area contributed by atoms with Crippen molar-refractivity contribution >= 4 is 35.1 Å². The number of amides is 2. The topological polar surface area (TPSA) is 100 Å². The number of anilines is 3. The van der Waals surface area contributed by atoms with Crippen LogP contribution in [0.15, 0.2) is 12.3 Å². The number of methoxy groups -OCH3 is 1. The van der Waals surface area contributed by atoms with Crippen LogP contribution in [0.1, 0.15) is 63.9 Å². The highest BCUT2D eigenvalue weighted by Gasteiger charge is 2.41. The van der Waals surface area contributed by atoms with Gasteiger partial charge in [0, 0.05) is 29.9 Å². The summed E-state index contributed by atoms with van der Waals surface area (Å²) >= 11 is 6.61. The number of hydrogen-bond donors (Lipinski definition) is 2. The third-order valence-electron chi connectivity index (χ3n) is 7.46. The smallest absolute Gasteiger partial charge is 0.330 e. The van der Waals surface area contributed by atoms with E-state index in [9.17, 15) is 9.90 Å². The number of carbonyl (C=O) groups is 1. The van der Waals surface area contributed by atoms with Crippen molar-refractivity contribution in [3.63, 3.8) is 0 Å². The van der Waals surface area contributed by atoms with Gasteiger partial charge in [-0.25, -0.2) is 14.2 Å². The fourth-order valence-electron chi connectivity index (χ4n) is 5.54. The molecule has 1 aliphatic heterocycles. The van der Waals surface area contributed by atoms with Gasteiger partial charge in [0.1, 0.15) is 22.3 Å². The number of benzene rings is 1. The molecule has 2 aliphatic carbocycles. The first-order chi connectivity index (χ1) is 17.9. The van der Waals surface area contributed by atoms with Crippen LogP contribution in [-0.4, -0.2) is 53.0 Å². The van der Waals surface area contributed by atoms with Crippen molar-refractivity contribution in [3.05, 3.63) is 28.7 Å². The average molecular weight is 534 g/mol. The van der Waals surface area contributed by atoms with Gasteiger partial charge in [-0.1, -0.05) is 24.4 Å². The maximum absolute atomic E-state index is 15.6. The highest BCUT2D eigenvalue weighted by atomic mass is 35.5. The molecule has 1 aromatic carbocycles. The standard InChI is InChI=1S/C26H33ClFN5O4/c1-3-37-19-12-20(36-2)22(28)23(21(19)27)32-14-15-13-29-25(30-16-8-10-18(34)11-9-16)31-24(15)33(26(32)35)17-6-4-5-7-17/h12-13,16-18,34H,3-11,14H2,1-2H3,(H,29,30,31). The van der Waals surface area contributed by atoms with E-state index in [1.165, 1.54) is 18.1 Å². The second-order valence-electron chi connectivity index (χ2n) is 9.86. The predicted octanol–water partition coefficient (Wildman–Crippen LogP) is 5.28. The van der Waals surface area contributed by atoms with Crippen LogP contribution >= 0.6 is 11.6 Å². The lowest BCUT2D eigenvalue weighted by Crippen LogP contribution is -2.52. The van der Waals surface area contributed by atoms with Crippen LogP contribution in [0.4, 0.5) is 26.6 Å². The van der Waals surface area contributed by atoms with Gasteiger partial charge in [0.25, 0.3) is 0 Å². The van der Waals surface area contributed by atoms with E-state index in [0.717, 1.165) is 51.4 Å². The van der Waals surface area contributed by atoms with Gasteiger partial charge < -0.3 is 19.9 Å². The molecule has 0 bridgehead atoms. The molecular formula is C26H33ClFN5O4. The maximum Gasteiger partial charge on any atom is 0.330 e. The van der Waals surface area contributed by atoms with Gasteiger partial charge in [0.2, 0.25) is 5.95 Å². The van der Waals surface area contributed by atoms with Crippen LogP contribution in [0.2, 0.25) is 5.02 Å². The Bertz CT molecular complexity index is 1150. The number of aromatic nitrogens is 2. The normalized spacial score (nSPS) is 22.2. The fraction of sp³-hybridized carbons (Fsp3) is 0.577. The quantitative estimate of drug-likeness (QED) is 0.499. The average Bonchev–Trinajstić information content (AvgIpc) is 3.42. The molecule has 2 saturated carbocycles. The van der Waals surface area contributed by atoms with Crippen molar-refractivity contribution in [1.82, 2.24) is 9.97 Å². The summed E-state index contributed by atoms with van der Waals surface area (Å²) in [5.74, 6) is 0.469. The van der Waals surface area contributed by atoms with Gasteiger partial charge in [0.05, 0.1) is 26.4 Å². The minimum atomic E-state index is -0.724. The first-order valence-corrected chi connectivity index (χ1v) is 13.4. The van der Waals surface area contributed by atoms with Gasteiger partial charge in [-0.2, -0.15) is 4.98 Å². The summed E-state index contributed by atoms with van der Waals surface area (Å²) in [6, 6.07) is 1.12. The molecule has 0 atom stereocenters. The molecule has 2 aromatic rings. The fourth-order valence-corrected chi connectivity index (χ4v) is 5.83. The molecule has 5 rings (SSSR count). The van der Waals surface area contributed by atoms with E-state index in [-0.39, 0.29) is 53.0 Å². The van der Waals surface area contributed by atoms with Crippen molar-refractivity contribution in [2.45, 2.75) is 83.0 Å². The molecule has 37 heavy (non-hydrogen) atoms. The van der Waals surface area contributed by atoms with Gasteiger partial charge in [0.15, 0.2) is 11.6 Å². The minimum Gasteiger partial charge on any atom is -0.493 e. The Morgan fingerprint density at radius 1 is 1.19 bits per heavy atom. The van der Waals surface area contributed by atoms with Crippen LogP contribution < -0.4 is 24.6 Å². The Labute approximate surface area is 220 Å². The number of fused-ring (bicyclic) bond motifs is 1. The van der Waals surface area contributed by atoms with E-state index in [1.807, 2.05) is 0 Å². The SMILES string of the molecule is CCOc1cc(OC)c(F)c(N2Cc3cnc(NC4CCC(O)CC4)nc3N(C3CCCC3)C2=O)c1Cl. The molecule has 9 nitrogen and oxygen atoms in total. The zero-order valence-electron chi connectivity index (χ0n) is 21.2. The molecule has 200 valence electrons. The summed E-state index contributed by atoms with van der Waals surface area (Å²) in [5, 5.41) is 13.2. The molecule has 3 aliphatic rings. The van der Waals surface area contributed by atoms with Crippen LogP contribution in [0.25, 0.3) is 0 Å². The number of halogens is 2. The van der Waals surface area contributed by atoms with E-state index in [0.29, 0.717) is 23.9 Å². The number of aliphatic hydroxyl groups is 1. The molecular weight excluding hydrogens is 501 g/mol. The number of carbonyl (C=O) groups excluding carboxylic acids is 1. The third kappa shape index (κ3) is 5.01. The first-order valence-electron chi connectivity index (χ1n) is 13.0. The number of rotatable bonds is 7. The van der Waals surface area contributed by atoms with Crippen LogP contribution in [0.5, 0.6) is 11.5 Å². The summed E-state index contributed by atoms with van der Waals surface area (Å²) in [6.07, 6.45) is 8.26. The number of aliphatic hydroxyl groups excluding tert-OH is 1. The van der Waals surface area contributed by atoms with Crippen LogP contribution in [-0.2, 0) is 6.54 Å². The van der Waals surface area contributed by atoms with Crippen molar-refractivity contribution in [2.75, 3.05) is 28.8 Å². The highest BCUT2D eigenvalue weighted by molar-refractivity contribution is 6.35. The molecule has 11 heteroatoms. The van der Waals surface area contributed by atoms with Crippen molar-refractivity contribution in [1.29, 1.82) is 0 Å². The van der Waals surface area contributed by atoms with Gasteiger partial charge in [-0.15, -0.1) is 0 Å². The van der Waals surface area contributed by atoms with E-state index in [1.54, 1.807) is 18.0 Å². The van der Waals surface area contributed by atoms with Gasteiger partial charge >= 0.3 is 6.03 Å². The Kier molecular flexibility index (Phi) is 7.57. The summed E-state index contributed by atoms with van der Waals surface area (Å²) < 4.78 is 26.5. The van der Waals surface area contributed by atoms with Crippen LogP contribution in [0, 0.1) is 5.82 Å². The molecule has 0 saturated heterocycles. The molecule has 0 unspecified atom stereocenters. The van der Waals surface area contributed by atoms with Crippen molar-refractivity contribution in [2.24, 2.45) is 0 Å². The zero-order chi connectivity index (χ0) is 26.1. The lowest BCUT2D eigenvalue weighted by molar-refractivity contribution is 0.126. The largest absolute Gasteiger partial charge is 0.493 e. The molecule has 1 aromatic heterocycles. The summed E-state index contributed by atoms with van der Waals surface area (Å²) in [5.41, 5.74) is 0.624. The van der Waals surface area contributed by atoms with Crippen molar-refractivity contribution in [3.8, 4) is 11.5 Å². The van der Waals surface area contributed by atoms with E-state index < -0.39 is 5.82 Å². The van der Waals surface area contributed by atoms with E-state index in [2.05, 4.69) is 10.3 Å². The molecule has 2 heterocycles. The Morgan fingerprint density at radius 2 is 1.92 bits per heavy atom. The molecule has 2 fully saturated rings. The monoisotopic (exact) mass is 533 g/mol. The predicted molar refractivity (Wildman–Crippen MR) is 139 cm³/mol. The van der Waals surface area contributed by atoms with E-state index in [4.69, 9.17) is 26.1 Å². The molecule has 0 spiro atoms. The summed E-state index contributed by atoms with van der Waals surface area (Å²) in [7, 11) is 1.36. The lowest BCUT2D eigenvalue weighted by Gasteiger charge is -2.39. The Balaban J connectivity index is 1.53. The number of urea groups is 1. The number of hydrogen-bond acceptors (Lipinski definition) is 7. The second-order valence-corrected chi connectivity index (χ2v) is 10.2. The van der Waals surface area contributed by atoms with Gasteiger partial charge in [-0.05, 0) is 45.4 Å². The minimum absolute atomic E-state index is 0.0158. The number of nitrogens with zero attached hydrogens (tertiary/aromatic N) is 4. The lowest BCUT2D eigenvalue weighted by atomic mass is 9.93. The Hall–Kier alpha value is -2.85. The number of ether oxygens (including phenoxy) is 2. The highest BCUT2D eigenvalue weighted by Crippen LogP contribution is 2.45. The Morgan fingerprint density at radius 3 is 2.59 bits per heavy atom. The molecule has 2 amide bonds. The molecule has 2 N–H and O–H groups in total. The van der Waals surface area contributed by atoms with Gasteiger partial charge in [-0.3, -0.25) is 9.80 Å². The van der Waals surface area contributed by atoms with Crippen molar-refractivity contribution < 1.29 is 23.8 Å².